The number of carboxylic acids is 2. The molecule has 3 unspecified atom stereocenters. The molecule has 0 aromatic heterocycles. The molecule has 0 rings (SSSR count). The number of amides is 3. The minimum absolute atomic E-state index is 0.291. The molecule has 3 amide bonds. The fourth-order valence-corrected chi connectivity index (χ4v) is 2.22. The zero-order chi connectivity index (χ0) is 21.7. The van der Waals surface area contributed by atoms with E-state index in [0.29, 0.717) is 25.8 Å². The van der Waals surface area contributed by atoms with Crippen LogP contribution in [-0.4, -0.2) is 71.1 Å². The lowest BCUT2D eigenvalue weighted by Gasteiger charge is -2.22. The van der Waals surface area contributed by atoms with Crippen molar-refractivity contribution in [2.24, 2.45) is 11.5 Å². The number of rotatable bonds is 14. The number of nitrogens with one attached hydrogen (secondary N) is 3. The highest BCUT2D eigenvalue weighted by Crippen LogP contribution is 2.03. The van der Waals surface area contributed by atoms with E-state index in [2.05, 4.69) is 16.0 Å². The van der Waals surface area contributed by atoms with Crippen LogP contribution in [0.1, 0.15) is 39.0 Å². The first-order valence-electron chi connectivity index (χ1n) is 8.87. The van der Waals surface area contributed by atoms with Crippen molar-refractivity contribution in [1.82, 2.24) is 16.0 Å². The molecule has 0 bridgehead atoms. The van der Waals surface area contributed by atoms with E-state index in [1.54, 1.807) is 0 Å². The van der Waals surface area contributed by atoms with Crippen LogP contribution in [0.4, 0.5) is 0 Å². The van der Waals surface area contributed by atoms with E-state index in [4.69, 9.17) is 21.7 Å². The SMILES string of the molecule is CC(NC(=O)C(CCCCN)NC(=O)CN)C(=O)NC(CCC(=O)O)C(=O)O. The molecule has 9 N–H and O–H groups in total. The summed E-state index contributed by atoms with van der Waals surface area (Å²) in [6.07, 6.45) is 0.760. The maximum atomic E-state index is 12.4. The summed E-state index contributed by atoms with van der Waals surface area (Å²) in [5, 5.41) is 24.7. The Morgan fingerprint density at radius 3 is 2.00 bits per heavy atom. The molecule has 0 aliphatic carbocycles. The molecule has 0 aliphatic heterocycles. The van der Waals surface area contributed by atoms with E-state index < -0.39 is 54.2 Å². The van der Waals surface area contributed by atoms with Crippen molar-refractivity contribution < 1.29 is 34.2 Å². The van der Waals surface area contributed by atoms with Gasteiger partial charge in [-0.25, -0.2) is 4.79 Å². The van der Waals surface area contributed by atoms with Crippen molar-refractivity contribution >= 4 is 29.7 Å². The Hall–Kier alpha value is -2.73. The van der Waals surface area contributed by atoms with Crippen LogP contribution in [0, 0.1) is 0 Å². The van der Waals surface area contributed by atoms with E-state index in [-0.39, 0.29) is 13.0 Å². The van der Waals surface area contributed by atoms with Crippen LogP contribution in [0.3, 0.4) is 0 Å². The molecule has 0 fully saturated rings. The molecule has 0 spiro atoms. The molecule has 0 saturated heterocycles. The monoisotopic (exact) mass is 403 g/mol. The summed E-state index contributed by atoms with van der Waals surface area (Å²) in [5.41, 5.74) is 10.6. The first-order chi connectivity index (χ1) is 13.1. The van der Waals surface area contributed by atoms with Crippen LogP contribution in [0.2, 0.25) is 0 Å². The van der Waals surface area contributed by atoms with E-state index in [1.165, 1.54) is 6.92 Å². The standard InChI is InChI=1S/C16H29N5O7/c1-9(14(25)21-11(16(27)28)5-6-13(23)24)19-15(26)10(4-2-3-7-17)20-12(22)8-18/h9-11H,2-8,17-18H2,1H3,(H,19,26)(H,20,22)(H,21,25)(H,23,24)(H,27,28). The van der Waals surface area contributed by atoms with Crippen LogP contribution in [-0.2, 0) is 24.0 Å². The summed E-state index contributed by atoms with van der Waals surface area (Å²) in [5.74, 6) is -4.54. The second-order valence-corrected chi connectivity index (χ2v) is 6.17. The predicted molar refractivity (Wildman–Crippen MR) is 97.9 cm³/mol. The van der Waals surface area contributed by atoms with Gasteiger partial charge in [0, 0.05) is 6.42 Å². The molecule has 0 heterocycles. The fraction of sp³-hybridized carbons (Fsp3) is 0.688. The zero-order valence-corrected chi connectivity index (χ0v) is 15.8. The molecule has 0 aliphatic rings. The first kappa shape index (κ1) is 25.3. The van der Waals surface area contributed by atoms with Crippen LogP contribution in [0.25, 0.3) is 0 Å². The van der Waals surface area contributed by atoms with Gasteiger partial charge in [-0.2, -0.15) is 0 Å². The molecule has 12 nitrogen and oxygen atoms in total. The third-order valence-corrected chi connectivity index (χ3v) is 3.80. The Kier molecular flexibility index (Phi) is 12.1. The normalized spacial score (nSPS) is 13.7. The van der Waals surface area contributed by atoms with Gasteiger partial charge in [0.1, 0.15) is 18.1 Å². The van der Waals surface area contributed by atoms with Gasteiger partial charge < -0.3 is 37.6 Å². The third-order valence-electron chi connectivity index (χ3n) is 3.80. The van der Waals surface area contributed by atoms with Gasteiger partial charge in [-0.1, -0.05) is 0 Å². The van der Waals surface area contributed by atoms with Gasteiger partial charge in [-0.3, -0.25) is 19.2 Å². The van der Waals surface area contributed by atoms with E-state index in [0.717, 1.165) is 0 Å². The van der Waals surface area contributed by atoms with Gasteiger partial charge in [-0.15, -0.1) is 0 Å². The summed E-state index contributed by atoms with van der Waals surface area (Å²) < 4.78 is 0. The van der Waals surface area contributed by atoms with Crippen LogP contribution < -0.4 is 27.4 Å². The van der Waals surface area contributed by atoms with E-state index >= 15 is 0 Å². The Bertz CT molecular complexity index is 570. The fourth-order valence-electron chi connectivity index (χ4n) is 2.22. The Balaban J connectivity index is 4.85. The molecule has 12 heteroatoms. The smallest absolute Gasteiger partial charge is 0.326 e. The van der Waals surface area contributed by atoms with Crippen molar-refractivity contribution in [3.63, 3.8) is 0 Å². The number of aliphatic carboxylic acids is 2. The highest BCUT2D eigenvalue weighted by molar-refractivity contribution is 5.93. The topological polar surface area (TPSA) is 214 Å². The number of carbonyl (C=O) groups is 5. The Morgan fingerprint density at radius 2 is 1.50 bits per heavy atom. The Labute approximate surface area is 162 Å². The molecule has 3 atom stereocenters. The maximum Gasteiger partial charge on any atom is 0.326 e. The van der Waals surface area contributed by atoms with Crippen molar-refractivity contribution in [3.8, 4) is 0 Å². The summed E-state index contributed by atoms with van der Waals surface area (Å²) in [6.45, 7) is 1.45. The molecular weight excluding hydrogens is 374 g/mol. The van der Waals surface area contributed by atoms with Crippen LogP contribution in [0.15, 0.2) is 0 Å². The molecule has 160 valence electrons. The van der Waals surface area contributed by atoms with Crippen molar-refractivity contribution in [3.05, 3.63) is 0 Å². The number of hydrogen-bond acceptors (Lipinski definition) is 7. The number of unbranched alkanes of at least 4 members (excludes halogenated alkanes) is 1. The molecule has 0 radical (unpaired) electrons. The summed E-state index contributed by atoms with van der Waals surface area (Å²) in [4.78, 5) is 57.7. The van der Waals surface area contributed by atoms with Crippen molar-refractivity contribution in [1.29, 1.82) is 0 Å². The molecular formula is C16H29N5O7. The summed E-state index contributed by atoms with van der Waals surface area (Å²) in [6, 6.07) is -3.42. The minimum atomic E-state index is -1.40. The number of carbonyl (C=O) groups excluding carboxylic acids is 3. The minimum Gasteiger partial charge on any atom is -0.481 e. The largest absolute Gasteiger partial charge is 0.481 e. The maximum absolute atomic E-state index is 12.4. The summed E-state index contributed by atoms with van der Waals surface area (Å²) in [7, 11) is 0. The van der Waals surface area contributed by atoms with Gasteiger partial charge in [0.05, 0.1) is 6.54 Å². The van der Waals surface area contributed by atoms with E-state index in [9.17, 15) is 24.0 Å². The lowest BCUT2D eigenvalue weighted by atomic mass is 10.1. The second-order valence-electron chi connectivity index (χ2n) is 6.17. The van der Waals surface area contributed by atoms with Crippen molar-refractivity contribution in [2.45, 2.75) is 57.2 Å². The second kappa shape index (κ2) is 13.4. The van der Waals surface area contributed by atoms with Gasteiger partial charge in [0.15, 0.2) is 0 Å². The van der Waals surface area contributed by atoms with Gasteiger partial charge >= 0.3 is 11.9 Å². The Morgan fingerprint density at radius 1 is 0.857 bits per heavy atom. The highest BCUT2D eigenvalue weighted by atomic mass is 16.4. The van der Waals surface area contributed by atoms with Gasteiger partial charge in [0.2, 0.25) is 17.7 Å². The lowest BCUT2D eigenvalue weighted by Crippen LogP contribution is -2.55. The van der Waals surface area contributed by atoms with Crippen molar-refractivity contribution in [2.75, 3.05) is 13.1 Å². The first-order valence-corrected chi connectivity index (χ1v) is 8.87. The lowest BCUT2D eigenvalue weighted by molar-refractivity contribution is -0.143. The summed E-state index contributed by atoms with van der Waals surface area (Å²) >= 11 is 0. The average Bonchev–Trinajstić information content (AvgIpc) is 2.63. The number of nitrogens with two attached hydrogens (primary N) is 2. The highest BCUT2D eigenvalue weighted by Gasteiger charge is 2.27. The van der Waals surface area contributed by atoms with Gasteiger partial charge in [-0.05, 0) is 39.2 Å². The van der Waals surface area contributed by atoms with Crippen LogP contribution >= 0.6 is 0 Å². The molecule has 0 saturated carbocycles. The quantitative estimate of drug-likeness (QED) is 0.152. The molecule has 28 heavy (non-hydrogen) atoms. The predicted octanol–water partition coefficient (Wildman–Crippen LogP) is -2.50. The van der Waals surface area contributed by atoms with Crippen LogP contribution in [0.5, 0.6) is 0 Å². The molecule has 0 aromatic rings. The third kappa shape index (κ3) is 10.4. The number of hydrogen-bond donors (Lipinski definition) is 7. The van der Waals surface area contributed by atoms with Gasteiger partial charge in [0.25, 0.3) is 0 Å². The van der Waals surface area contributed by atoms with E-state index in [1.807, 2.05) is 0 Å². The zero-order valence-electron chi connectivity index (χ0n) is 15.8. The number of carboxylic acid groups (broad SMARTS) is 2. The average molecular weight is 403 g/mol. The molecule has 0 aromatic carbocycles.